The molecule has 0 bridgehead atoms. The Bertz CT molecular complexity index is 713. The van der Waals surface area contributed by atoms with E-state index >= 15 is 0 Å². The van der Waals surface area contributed by atoms with Crippen LogP contribution in [0, 0.1) is 6.92 Å². The van der Waals surface area contributed by atoms with Gasteiger partial charge in [-0.25, -0.2) is 8.42 Å². The van der Waals surface area contributed by atoms with Gasteiger partial charge in [0, 0.05) is 45.7 Å². The summed E-state index contributed by atoms with van der Waals surface area (Å²) in [5.41, 5.74) is 1.72. The van der Waals surface area contributed by atoms with E-state index in [9.17, 15) is 13.2 Å². The predicted octanol–water partition coefficient (Wildman–Crippen LogP) is 1.29. The van der Waals surface area contributed by atoms with Crippen LogP contribution in [-0.2, 0) is 14.8 Å². The largest absolute Gasteiger partial charge is 0.356 e. The summed E-state index contributed by atoms with van der Waals surface area (Å²) in [6.45, 7) is 8.31. The molecule has 1 aromatic carbocycles. The summed E-state index contributed by atoms with van der Waals surface area (Å²) in [6, 6.07) is 7.38. The molecular weight excluding hydrogens is 376 g/mol. The number of likely N-dealkylation sites (N-methyl/N-ethyl adjacent to an activating group) is 1. The van der Waals surface area contributed by atoms with Gasteiger partial charge in [-0.15, -0.1) is 0 Å². The van der Waals surface area contributed by atoms with Gasteiger partial charge in [0.2, 0.25) is 15.9 Å². The van der Waals surface area contributed by atoms with Crippen LogP contribution in [0.25, 0.3) is 0 Å². The number of benzene rings is 1. The topological polar surface area (TPSA) is 73.0 Å². The van der Waals surface area contributed by atoms with Gasteiger partial charge in [-0.3, -0.25) is 9.10 Å². The SMILES string of the molecule is Cc1ccc(N(CCCC(=O)NCCCN2CCN(C)CC2)S(C)(=O)=O)cc1. The van der Waals surface area contributed by atoms with Crippen molar-refractivity contribution in [2.45, 2.75) is 26.2 Å². The van der Waals surface area contributed by atoms with Crippen molar-refractivity contribution in [3.05, 3.63) is 29.8 Å². The Hall–Kier alpha value is -1.64. The van der Waals surface area contributed by atoms with Crippen molar-refractivity contribution in [3.63, 3.8) is 0 Å². The summed E-state index contributed by atoms with van der Waals surface area (Å²) in [5, 5.41) is 2.95. The molecule has 7 nitrogen and oxygen atoms in total. The maximum absolute atomic E-state index is 12.1. The van der Waals surface area contributed by atoms with Gasteiger partial charge in [-0.1, -0.05) is 17.7 Å². The van der Waals surface area contributed by atoms with Crippen LogP contribution in [-0.4, -0.2) is 83.2 Å². The molecule has 0 spiro atoms. The molecule has 1 N–H and O–H groups in total. The highest BCUT2D eigenvalue weighted by atomic mass is 32.2. The number of anilines is 1. The average Bonchev–Trinajstić information content (AvgIpc) is 2.64. The van der Waals surface area contributed by atoms with Gasteiger partial charge in [0.15, 0.2) is 0 Å². The van der Waals surface area contributed by atoms with Crippen molar-refractivity contribution in [2.75, 3.05) is 63.4 Å². The van der Waals surface area contributed by atoms with Crippen LogP contribution >= 0.6 is 0 Å². The molecule has 8 heteroatoms. The number of hydrogen-bond acceptors (Lipinski definition) is 5. The first-order chi connectivity index (χ1) is 13.3. The van der Waals surface area contributed by atoms with Gasteiger partial charge in [-0.05, 0) is 45.5 Å². The minimum atomic E-state index is -3.37. The minimum absolute atomic E-state index is 0.0178. The minimum Gasteiger partial charge on any atom is -0.356 e. The van der Waals surface area contributed by atoms with Gasteiger partial charge >= 0.3 is 0 Å². The van der Waals surface area contributed by atoms with Crippen LogP contribution in [0.2, 0.25) is 0 Å². The van der Waals surface area contributed by atoms with Crippen LogP contribution in [0.1, 0.15) is 24.8 Å². The Morgan fingerprint density at radius 3 is 2.36 bits per heavy atom. The summed E-state index contributed by atoms with van der Waals surface area (Å²) < 4.78 is 25.6. The van der Waals surface area contributed by atoms with Crippen LogP contribution in [0.3, 0.4) is 0 Å². The Balaban J connectivity index is 1.67. The maximum atomic E-state index is 12.1. The molecule has 0 aliphatic carbocycles. The van der Waals surface area contributed by atoms with E-state index < -0.39 is 10.0 Å². The maximum Gasteiger partial charge on any atom is 0.232 e. The summed E-state index contributed by atoms with van der Waals surface area (Å²) in [7, 11) is -1.23. The number of carbonyl (C=O) groups is 1. The lowest BCUT2D eigenvalue weighted by Gasteiger charge is -2.32. The molecule has 1 fully saturated rings. The molecule has 0 saturated carbocycles. The lowest BCUT2D eigenvalue weighted by Crippen LogP contribution is -2.45. The number of nitrogens with zero attached hydrogens (tertiary/aromatic N) is 3. The van der Waals surface area contributed by atoms with E-state index in [0.717, 1.165) is 44.7 Å². The molecule has 0 aromatic heterocycles. The van der Waals surface area contributed by atoms with Gasteiger partial charge in [-0.2, -0.15) is 0 Å². The number of sulfonamides is 1. The number of hydrogen-bond donors (Lipinski definition) is 1. The van der Waals surface area contributed by atoms with Crippen molar-refractivity contribution in [3.8, 4) is 0 Å². The summed E-state index contributed by atoms with van der Waals surface area (Å²) in [4.78, 5) is 16.8. The predicted molar refractivity (Wildman–Crippen MR) is 114 cm³/mol. The van der Waals surface area contributed by atoms with Crippen LogP contribution in [0.5, 0.6) is 0 Å². The Morgan fingerprint density at radius 2 is 1.75 bits per heavy atom. The lowest BCUT2D eigenvalue weighted by atomic mass is 10.2. The second-order valence-electron chi connectivity index (χ2n) is 7.62. The highest BCUT2D eigenvalue weighted by Gasteiger charge is 2.17. The number of nitrogens with one attached hydrogen (secondary N) is 1. The molecule has 1 aliphatic heterocycles. The van der Waals surface area contributed by atoms with Crippen molar-refractivity contribution in [2.24, 2.45) is 0 Å². The van der Waals surface area contributed by atoms with Gasteiger partial charge < -0.3 is 15.1 Å². The van der Waals surface area contributed by atoms with Gasteiger partial charge in [0.1, 0.15) is 0 Å². The van der Waals surface area contributed by atoms with Crippen molar-refractivity contribution < 1.29 is 13.2 Å². The molecule has 1 aromatic rings. The quantitative estimate of drug-likeness (QED) is 0.589. The molecule has 2 rings (SSSR count). The fraction of sp³-hybridized carbons (Fsp3) is 0.650. The zero-order valence-corrected chi connectivity index (χ0v) is 18.2. The Labute approximate surface area is 169 Å². The molecule has 1 amide bonds. The van der Waals surface area contributed by atoms with Crippen molar-refractivity contribution in [1.82, 2.24) is 15.1 Å². The average molecular weight is 411 g/mol. The highest BCUT2D eigenvalue weighted by Crippen LogP contribution is 2.18. The second kappa shape index (κ2) is 10.8. The van der Waals surface area contributed by atoms with Crippen LogP contribution in [0.15, 0.2) is 24.3 Å². The van der Waals surface area contributed by atoms with Gasteiger partial charge in [0.05, 0.1) is 11.9 Å². The lowest BCUT2D eigenvalue weighted by molar-refractivity contribution is -0.121. The van der Waals surface area contributed by atoms with E-state index in [1.807, 2.05) is 19.1 Å². The molecule has 28 heavy (non-hydrogen) atoms. The van der Waals surface area contributed by atoms with E-state index in [2.05, 4.69) is 22.2 Å². The zero-order valence-electron chi connectivity index (χ0n) is 17.4. The first-order valence-corrected chi connectivity index (χ1v) is 11.8. The number of rotatable bonds is 10. The van der Waals surface area contributed by atoms with E-state index in [0.29, 0.717) is 31.6 Å². The molecular formula is C20H34N4O3S. The molecule has 1 aliphatic rings. The van der Waals surface area contributed by atoms with Crippen LogP contribution in [0.4, 0.5) is 5.69 Å². The van der Waals surface area contributed by atoms with Crippen LogP contribution < -0.4 is 9.62 Å². The zero-order chi connectivity index (χ0) is 20.6. The van der Waals surface area contributed by atoms with E-state index in [-0.39, 0.29) is 5.91 Å². The third-order valence-electron chi connectivity index (χ3n) is 5.06. The van der Waals surface area contributed by atoms with Gasteiger partial charge in [0.25, 0.3) is 0 Å². The van der Waals surface area contributed by atoms with E-state index in [1.54, 1.807) is 12.1 Å². The Kier molecular flexibility index (Phi) is 8.72. The summed E-state index contributed by atoms with van der Waals surface area (Å²) in [6.07, 6.45) is 2.96. The number of carbonyl (C=O) groups excluding carboxylic acids is 1. The highest BCUT2D eigenvalue weighted by molar-refractivity contribution is 7.92. The number of amides is 1. The monoisotopic (exact) mass is 410 g/mol. The van der Waals surface area contributed by atoms with Crippen molar-refractivity contribution >= 4 is 21.6 Å². The second-order valence-corrected chi connectivity index (χ2v) is 9.53. The smallest absolute Gasteiger partial charge is 0.232 e. The number of piperazine rings is 1. The van der Waals surface area contributed by atoms with Crippen molar-refractivity contribution in [1.29, 1.82) is 0 Å². The normalized spacial score (nSPS) is 16.1. The first-order valence-electron chi connectivity index (χ1n) is 9.97. The third-order valence-corrected chi connectivity index (χ3v) is 6.25. The summed E-state index contributed by atoms with van der Waals surface area (Å²) in [5.74, 6) is -0.0178. The third kappa shape index (κ3) is 7.77. The molecule has 1 heterocycles. The molecule has 0 unspecified atom stereocenters. The fourth-order valence-corrected chi connectivity index (χ4v) is 4.24. The molecule has 0 atom stereocenters. The first kappa shape index (κ1) is 22.6. The molecule has 158 valence electrons. The number of aryl methyl sites for hydroxylation is 1. The van der Waals surface area contributed by atoms with E-state index in [4.69, 9.17) is 0 Å². The molecule has 0 radical (unpaired) electrons. The molecule has 1 saturated heterocycles. The standard InChI is InChI=1S/C20H34N4O3S/c1-18-7-9-19(10-8-18)24(28(3,26)27)13-4-6-20(25)21-11-5-12-23-16-14-22(2)15-17-23/h7-10H,4-6,11-17H2,1-3H3,(H,21,25). The summed E-state index contributed by atoms with van der Waals surface area (Å²) >= 11 is 0. The van der Waals surface area contributed by atoms with E-state index in [1.165, 1.54) is 10.6 Å². The Morgan fingerprint density at radius 1 is 1.11 bits per heavy atom. The fourth-order valence-electron chi connectivity index (χ4n) is 3.27.